The first-order valence-corrected chi connectivity index (χ1v) is 22.5. The molecule has 69 heavy (non-hydrogen) atoms. The zero-order valence-electron chi connectivity index (χ0n) is 39.9. The van der Waals surface area contributed by atoms with E-state index in [1.165, 1.54) is 40.0 Å². The van der Waals surface area contributed by atoms with Crippen LogP contribution < -0.4 is 47.9 Å². The van der Waals surface area contributed by atoms with Gasteiger partial charge in [-0.3, -0.25) is 24.0 Å². The summed E-state index contributed by atoms with van der Waals surface area (Å²) in [6.07, 6.45) is -0.155. The van der Waals surface area contributed by atoms with Crippen molar-refractivity contribution >= 4 is 29.5 Å². The lowest BCUT2D eigenvalue weighted by molar-refractivity contribution is -0.141. The van der Waals surface area contributed by atoms with Gasteiger partial charge in [0.2, 0.25) is 29.5 Å². The highest BCUT2D eigenvalue weighted by atomic mass is 19.3. The van der Waals surface area contributed by atoms with Gasteiger partial charge in [0.15, 0.2) is 0 Å². The Labute approximate surface area is 400 Å². The molecule has 1 aliphatic heterocycles. The highest BCUT2D eigenvalue weighted by Gasteiger charge is 2.40. The maximum absolute atomic E-state index is 15.9. The third-order valence-corrected chi connectivity index (χ3v) is 11.5. The number of benzene rings is 3. The van der Waals surface area contributed by atoms with E-state index in [0.717, 1.165) is 10.5 Å². The van der Waals surface area contributed by atoms with E-state index in [9.17, 15) is 24.0 Å². The molecule has 10 N–H and O–H groups in total. The molecule has 0 saturated heterocycles. The Hall–Kier alpha value is -7.08. The standard InChI is InChI=1S/C49H61F2N11O7/c1-27-40(28(2)59-47(58-27)49(50,51)33-12-10-32(11-13-33)48(4,5)6)44(65)60-36(16-17-52)46(67)62(7)41-31-9-15-39(69-23-20-55)35(26-31)34-24-30(8-14-38(34)68-22-19-54)25-37(43(64)56-21-18-53)61-42(63)29(3)57-45(41)66/h8-15,24,26,29,36-37,41H,16-17,19-23,25,52,54-55H2,1-7H3,(H,56,64)(H,57,66)(H,60,65)(H,61,63)/t29-,36?,37-,41-/m0/s1. The number of nitriles is 1. The van der Waals surface area contributed by atoms with Crippen molar-refractivity contribution < 1.29 is 42.2 Å². The van der Waals surface area contributed by atoms with Crippen molar-refractivity contribution in [2.75, 3.05) is 46.4 Å². The number of carbonyl (C=O) groups excluding carboxylic acids is 5. The van der Waals surface area contributed by atoms with Crippen LogP contribution in [0.25, 0.3) is 11.1 Å². The number of nitrogens with zero attached hydrogens (tertiary/aromatic N) is 4. The van der Waals surface area contributed by atoms with E-state index in [1.54, 1.807) is 48.5 Å². The quantitative estimate of drug-likeness (QED) is 0.0797. The van der Waals surface area contributed by atoms with Crippen LogP contribution in [0.5, 0.6) is 11.5 Å². The number of rotatable bonds is 16. The molecule has 4 aromatic rings. The molecule has 0 radical (unpaired) electrons. The van der Waals surface area contributed by atoms with Crippen molar-refractivity contribution in [2.45, 2.75) is 89.9 Å². The Balaban J connectivity index is 1.56. The number of nitrogens with one attached hydrogen (secondary N) is 4. The van der Waals surface area contributed by atoms with Gasteiger partial charge in [-0.15, -0.1) is 0 Å². The number of aromatic nitrogens is 2. The van der Waals surface area contributed by atoms with Crippen LogP contribution in [-0.2, 0) is 36.9 Å². The number of aryl methyl sites for hydroxylation is 2. The predicted octanol–water partition coefficient (Wildman–Crippen LogP) is 2.71. The number of amides is 5. The van der Waals surface area contributed by atoms with Crippen molar-refractivity contribution in [1.29, 1.82) is 5.26 Å². The summed E-state index contributed by atoms with van der Waals surface area (Å²) in [5.41, 5.74) is 19.3. The van der Waals surface area contributed by atoms with E-state index in [0.29, 0.717) is 28.2 Å². The number of carbonyl (C=O) groups is 5. The van der Waals surface area contributed by atoms with Crippen LogP contribution >= 0.6 is 0 Å². The fourth-order valence-electron chi connectivity index (χ4n) is 7.85. The fourth-order valence-corrected chi connectivity index (χ4v) is 7.85. The first-order valence-electron chi connectivity index (χ1n) is 22.5. The summed E-state index contributed by atoms with van der Waals surface area (Å²) in [5.74, 6) is -7.60. The number of likely N-dealkylation sites (N-methyl/N-ethyl adjacent to an activating group) is 1. The largest absolute Gasteiger partial charge is 0.492 e. The predicted molar refractivity (Wildman–Crippen MR) is 253 cm³/mol. The second-order valence-electron chi connectivity index (χ2n) is 17.7. The normalized spacial score (nSPS) is 16.7. The minimum absolute atomic E-state index is 0.0331. The van der Waals surface area contributed by atoms with Crippen molar-refractivity contribution in [1.82, 2.24) is 36.1 Å². The number of alkyl halides is 2. The van der Waals surface area contributed by atoms with Crippen molar-refractivity contribution in [3.05, 3.63) is 106 Å². The number of ether oxygens (including phenoxy) is 2. The molecule has 0 aliphatic carbocycles. The lowest BCUT2D eigenvalue weighted by Crippen LogP contribution is -2.56. The van der Waals surface area contributed by atoms with E-state index in [4.69, 9.17) is 31.9 Å². The Morgan fingerprint density at radius 2 is 1.45 bits per heavy atom. The molecule has 1 aromatic heterocycles. The lowest BCUT2D eigenvalue weighted by atomic mass is 9.86. The molecule has 0 fully saturated rings. The summed E-state index contributed by atoms with van der Waals surface area (Å²) in [5, 5.41) is 19.7. The van der Waals surface area contributed by atoms with Gasteiger partial charge < -0.3 is 52.8 Å². The zero-order chi connectivity index (χ0) is 50.8. The second kappa shape index (κ2) is 22.8. The van der Waals surface area contributed by atoms with E-state index in [2.05, 4.69) is 31.2 Å². The highest BCUT2D eigenvalue weighted by Crippen LogP contribution is 2.41. The smallest absolute Gasteiger partial charge is 0.331 e. The van der Waals surface area contributed by atoms with Gasteiger partial charge in [0, 0.05) is 43.2 Å². The van der Waals surface area contributed by atoms with Gasteiger partial charge in [0.05, 0.1) is 23.0 Å². The molecule has 0 saturated carbocycles. The average molecular weight is 954 g/mol. The second-order valence-corrected chi connectivity index (χ2v) is 17.7. The molecule has 3 aromatic carbocycles. The Morgan fingerprint density at radius 1 is 0.870 bits per heavy atom. The van der Waals surface area contributed by atoms with Gasteiger partial charge >= 0.3 is 5.92 Å². The fraction of sp³-hybridized carbons (Fsp3) is 0.429. The number of nitrogens with two attached hydrogens (primary N) is 3. The third kappa shape index (κ3) is 12.5. The van der Waals surface area contributed by atoms with Crippen LogP contribution in [-0.4, -0.2) is 109 Å². The molecule has 20 heteroatoms. The lowest BCUT2D eigenvalue weighted by Gasteiger charge is -2.32. The minimum Gasteiger partial charge on any atom is -0.492 e. The van der Waals surface area contributed by atoms with Crippen molar-refractivity contribution in [2.24, 2.45) is 17.2 Å². The summed E-state index contributed by atoms with van der Waals surface area (Å²) in [7, 11) is 1.34. The summed E-state index contributed by atoms with van der Waals surface area (Å²) >= 11 is 0. The Morgan fingerprint density at radius 3 is 2.01 bits per heavy atom. The highest BCUT2D eigenvalue weighted by molar-refractivity contribution is 6.00. The molecule has 4 atom stereocenters. The molecular formula is C49H61F2N11O7. The van der Waals surface area contributed by atoms with Crippen LogP contribution in [0.3, 0.4) is 0 Å². The van der Waals surface area contributed by atoms with Crippen LogP contribution in [0, 0.1) is 25.2 Å². The van der Waals surface area contributed by atoms with Gasteiger partial charge in [0.25, 0.3) is 5.91 Å². The number of halogens is 2. The van der Waals surface area contributed by atoms with E-state index >= 15 is 8.78 Å². The summed E-state index contributed by atoms with van der Waals surface area (Å²) in [6.45, 7) is 10.2. The first kappa shape index (κ1) is 52.9. The zero-order valence-corrected chi connectivity index (χ0v) is 39.9. The number of hydrogen-bond donors (Lipinski definition) is 7. The van der Waals surface area contributed by atoms with Gasteiger partial charge in [-0.1, -0.05) is 57.2 Å². The molecule has 1 aliphatic rings. The number of fused-ring (bicyclic) bond motifs is 5. The maximum Gasteiger partial charge on any atom is 0.331 e. The Bertz CT molecular complexity index is 2560. The van der Waals surface area contributed by atoms with Crippen molar-refractivity contribution in [3.63, 3.8) is 0 Å². The van der Waals surface area contributed by atoms with Gasteiger partial charge in [-0.25, -0.2) is 9.97 Å². The first-order chi connectivity index (χ1) is 32.7. The van der Waals surface area contributed by atoms with Crippen molar-refractivity contribution in [3.8, 4) is 28.7 Å². The number of hydrogen-bond acceptors (Lipinski definition) is 13. The van der Waals surface area contributed by atoms with Crippen LogP contribution in [0.2, 0.25) is 0 Å². The third-order valence-electron chi connectivity index (χ3n) is 11.5. The summed E-state index contributed by atoms with van der Waals surface area (Å²) < 4.78 is 44.0. The van der Waals surface area contributed by atoms with E-state index < -0.39 is 65.5 Å². The Kier molecular flexibility index (Phi) is 17.5. The molecule has 5 rings (SSSR count). The van der Waals surface area contributed by atoms with E-state index in [-0.39, 0.29) is 85.7 Å². The van der Waals surface area contributed by atoms with Crippen LogP contribution in [0.15, 0.2) is 60.7 Å². The molecule has 368 valence electrons. The maximum atomic E-state index is 15.9. The van der Waals surface area contributed by atoms with Crippen LogP contribution in [0.1, 0.15) is 90.0 Å². The van der Waals surface area contributed by atoms with Gasteiger partial charge in [0.1, 0.15) is 55.4 Å². The topological polar surface area (TPSA) is 283 Å². The van der Waals surface area contributed by atoms with Gasteiger partial charge in [-0.05, 0) is 80.1 Å². The van der Waals surface area contributed by atoms with Crippen LogP contribution in [0.4, 0.5) is 8.78 Å². The minimum atomic E-state index is -3.61. The molecule has 4 bridgehead atoms. The molecule has 5 amide bonds. The summed E-state index contributed by atoms with van der Waals surface area (Å²) in [4.78, 5) is 79.7. The average Bonchev–Trinajstić information content (AvgIpc) is 3.30. The molecule has 18 nitrogen and oxygen atoms in total. The SMILES string of the molecule is Cc1nc(C(F)(F)c2ccc(C(C)(C)C)cc2)nc(C)c1C(=O)NC(CCN)C(=O)N(C)[C@@H]1C(=O)N[C@@H](C)C(=O)N[C@H](C(=O)NCC#N)Cc2ccc(OCCN)c(c2)-c2cc1ccc2OCCN. The van der Waals surface area contributed by atoms with E-state index in [1.807, 2.05) is 26.8 Å². The summed E-state index contributed by atoms with van der Waals surface area (Å²) in [6, 6.07) is 12.3. The molecule has 2 heterocycles. The van der Waals surface area contributed by atoms with Gasteiger partial charge in [-0.2, -0.15) is 14.0 Å². The monoisotopic (exact) mass is 953 g/mol. The molecule has 0 spiro atoms. The molecule has 1 unspecified atom stereocenters. The molecular weight excluding hydrogens is 893 g/mol.